The number of hydrogen-bond acceptors (Lipinski definition) is 4. The summed E-state index contributed by atoms with van der Waals surface area (Å²) in [5, 5.41) is 5.85. The van der Waals surface area contributed by atoms with Crippen LogP contribution in [0.3, 0.4) is 0 Å². The molecule has 1 aromatic rings. The average Bonchev–Trinajstić information content (AvgIpc) is 2.89. The van der Waals surface area contributed by atoms with Gasteiger partial charge < -0.3 is 15.0 Å². The van der Waals surface area contributed by atoms with Gasteiger partial charge in [-0.3, -0.25) is 0 Å². The van der Waals surface area contributed by atoms with Gasteiger partial charge >= 0.3 is 0 Å². The Morgan fingerprint density at radius 2 is 2.24 bits per heavy atom. The zero-order chi connectivity index (χ0) is 15.3. The highest BCUT2D eigenvalue weighted by Gasteiger charge is 2.35. The molecule has 1 unspecified atom stereocenters. The van der Waals surface area contributed by atoms with Gasteiger partial charge in [-0.25, -0.2) is 0 Å². The van der Waals surface area contributed by atoms with E-state index >= 15 is 0 Å². The first kappa shape index (κ1) is 16.9. The smallest absolute Gasteiger partial charge is 0.0546 e. The highest BCUT2D eigenvalue weighted by Crippen LogP contribution is 2.30. The first-order valence-corrected chi connectivity index (χ1v) is 8.80. The number of thiophene rings is 1. The Hall–Kier alpha value is -0.420. The SMILES string of the molecule is CN(Cc1cccs1)CC1(CNC(C)(C)C)CCCOC1. The van der Waals surface area contributed by atoms with Crippen molar-refractivity contribution < 1.29 is 4.74 Å². The molecule has 0 saturated carbocycles. The first-order chi connectivity index (χ1) is 9.89. The molecule has 1 atom stereocenters. The van der Waals surface area contributed by atoms with Gasteiger partial charge in [-0.15, -0.1) is 11.3 Å². The molecule has 0 amide bonds. The van der Waals surface area contributed by atoms with E-state index in [2.05, 4.69) is 55.5 Å². The molecular weight excluding hydrogens is 280 g/mol. The molecule has 0 spiro atoms. The van der Waals surface area contributed by atoms with E-state index < -0.39 is 0 Å². The molecule has 2 heterocycles. The summed E-state index contributed by atoms with van der Waals surface area (Å²) in [7, 11) is 2.23. The predicted octanol–water partition coefficient (Wildman–Crippen LogP) is 3.36. The minimum atomic E-state index is 0.163. The van der Waals surface area contributed by atoms with Crippen molar-refractivity contribution >= 4 is 11.3 Å². The Balaban J connectivity index is 1.94. The van der Waals surface area contributed by atoms with E-state index in [9.17, 15) is 0 Å². The van der Waals surface area contributed by atoms with E-state index in [4.69, 9.17) is 4.74 Å². The third kappa shape index (κ3) is 5.70. The summed E-state index contributed by atoms with van der Waals surface area (Å²) >= 11 is 1.84. The van der Waals surface area contributed by atoms with Gasteiger partial charge in [-0.1, -0.05) is 6.07 Å². The molecule has 0 aliphatic carbocycles. The molecule has 1 fully saturated rings. The lowest BCUT2D eigenvalue weighted by molar-refractivity contribution is -0.0262. The molecule has 1 aromatic heterocycles. The molecule has 3 nitrogen and oxygen atoms in total. The topological polar surface area (TPSA) is 24.5 Å². The highest BCUT2D eigenvalue weighted by molar-refractivity contribution is 7.09. The summed E-state index contributed by atoms with van der Waals surface area (Å²) in [5.74, 6) is 0. The third-order valence-electron chi connectivity index (χ3n) is 4.01. The molecule has 120 valence electrons. The van der Waals surface area contributed by atoms with E-state index in [0.29, 0.717) is 0 Å². The van der Waals surface area contributed by atoms with Crippen LogP contribution < -0.4 is 5.32 Å². The van der Waals surface area contributed by atoms with Crippen molar-refractivity contribution in [1.82, 2.24) is 10.2 Å². The third-order valence-corrected chi connectivity index (χ3v) is 4.87. The minimum absolute atomic E-state index is 0.163. The molecule has 21 heavy (non-hydrogen) atoms. The largest absolute Gasteiger partial charge is 0.381 e. The normalized spacial score (nSPS) is 23.7. The van der Waals surface area contributed by atoms with Gasteiger partial charge in [0.05, 0.1) is 6.61 Å². The summed E-state index contributed by atoms with van der Waals surface area (Å²) in [5.41, 5.74) is 0.411. The van der Waals surface area contributed by atoms with E-state index in [1.54, 1.807) is 0 Å². The van der Waals surface area contributed by atoms with Crippen molar-refractivity contribution in [2.45, 2.75) is 45.7 Å². The van der Waals surface area contributed by atoms with Crippen molar-refractivity contribution in [1.29, 1.82) is 0 Å². The summed E-state index contributed by atoms with van der Waals surface area (Å²) in [6.07, 6.45) is 2.43. The summed E-state index contributed by atoms with van der Waals surface area (Å²) in [6, 6.07) is 4.35. The summed E-state index contributed by atoms with van der Waals surface area (Å²) in [6.45, 7) is 11.7. The van der Waals surface area contributed by atoms with Crippen LogP contribution >= 0.6 is 11.3 Å². The van der Waals surface area contributed by atoms with Crippen LogP contribution in [0.25, 0.3) is 0 Å². The van der Waals surface area contributed by atoms with Crippen molar-refractivity contribution in [3.63, 3.8) is 0 Å². The van der Waals surface area contributed by atoms with Gasteiger partial charge in [-0.05, 0) is 52.1 Å². The van der Waals surface area contributed by atoms with Crippen LogP contribution in [0.15, 0.2) is 17.5 Å². The quantitative estimate of drug-likeness (QED) is 0.872. The lowest BCUT2D eigenvalue weighted by Crippen LogP contribution is -2.51. The molecule has 0 bridgehead atoms. The Morgan fingerprint density at radius 3 is 2.81 bits per heavy atom. The lowest BCUT2D eigenvalue weighted by Gasteiger charge is -2.41. The fraction of sp³-hybridized carbons (Fsp3) is 0.765. The van der Waals surface area contributed by atoms with E-state index in [-0.39, 0.29) is 11.0 Å². The van der Waals surface area contributed by atoms with Gasteiger partial charge in [0, 0.05) is 42.1 Å². The zero-order valence-corrected chi connectivity index (χ0v) is 14.8. The van der Waals surface area contributed by atoms with Crippen molar-refractivity contribution in [2.75, 3.05) is 33.4 Å². The maximum Gasteiger partial charge on any atom is 0.0546 e. The van der Waals surface area contributed by atoms with Gasteiger partial charge in [0.15, 0.2) is 0 Å². The van der Waals surface area contributed by atoms with Crippen LogP contribution in [-0.4, -0.2) is 43.8 Å². The fourth-order valence-electron chi connectivity index (χ4n) is 2.98. The molecule has 0 radical (unpaired) electrons. The van der Waals surface area contributed by atoms with Gasteiger partial charge in [-0.2, -0.15) is 0 Å². The predicted molar refractivity (Wildman–Crippen MR) is 90.9 cm³/mol. The number of nitrogens with zero attached hydrogens (tertiary/aromatic N) is 1. The monoisotopic (exact) mass is 310 g/mol. The molecule has 1 aliphatic rings. The number of rotatable bonds is 6. The van der Waals surface area contributed by atoms with Crippen molar-refractivity contribution in [2.24, 2.45) is 5.41 Å². The zero-order valence-electron chi connectivity index (χ0n) is 13.9. The first-order valence-electron chi connectivity index (χ1n) is 7.92. The van der Waals surface area contributed by atoms with E-state index in [1.807, 2.05) is 11.3 Å². The second-order valence-electron chi connectivity index (χ2n) is 7.51. The van der Waals surface area contributed by atoms with Gasteiger partial charge in [0.25, 0.3) is 0 Å². The number of hydrogen-bond donors (Lipinski definition) is 1. The van der Waals surface area contributed by atoms with Crippen LogP contribution in [0.5, 0.6) is 0 Å². The van der Waals surface area contributed by atoms with Crippen LogP contribution in [-0.2, 0) is 11.3 Å². The number of ether oxygens (including phenoxy) is 1. The molecule has 2 rings (SSSR count). The van der Waals surface area contributed by atoms with Gasteiger partial charge in [0.2, 0.25) is 0 Å². The lowest BCUT2D eigenvalue weighted by atomic mass is 9.81. The molecule has 1 saturated heterocycles. The van der Waals surface area contributed by atoms with Crippen LogP contribution in [0.2, 0.25) is 0 Å². The Kier molecular flexibility index (Phi) is 5.83. The molecule has 1 N–H and O–H groups in total. The Bertz CT molecular complexity index is 405. The summed E-state index contributed by atoms with van der Waals surface area (Å²) < 4.78 is 5.82. The standard InChI is InChI=1S/C17H30N2OS/c1-16(2,3)18-12-17(8-6-9-20-14-17)13-19(4)11-15-7-5-10-21-15/h5,7,10,18H,6,8-9,11-14H2,1-4H3. The van der Waals surface area contributed by atoms with Gasteiger partial charge in [0.1, 0.15) is 0 Å². The highest BCUT2D eigenvalue weighted by atomic mass is 32.1. The van der Waals surface area contributed by atoms with Crippen molar-refractivity contribution in [3.05, 3.63) is 22.4 Å². The van der Waals surface area contributed by atoms with Crippen molar-refractivity contribution in [3.8, 4) is 0 Å². The second-order valence-corrected chi connectivity index (χ2v) is 8.54. The van der Waals surface area contributed by atoms with Crippen LogP contribution in [0, 0.1) is 5.41 Å². The summed E-state index contributed by atoms with van der Waals surface area (Å²) in [4.78, 5) is 3.89. The fourth-order valence-corrected chi connectivity index (χ4v) is 3.76. The average molecular weight is 311 g/mol. The van der Waals surface area contributed by atoms with E-state index in [1.165, 1.54) is 17.7 Å². The van der Waals surface area contributed by atoms with E-state index in [0.717, 1.165) is 32.8 Å². The minimum Gasteiger partial charge on any atom is -0.381 e. The molecular formula is C17H30N2OS. The van der Waals surface area contributed by atoms with Crippen LogP contribution in [0.1, 0.15) is 38.5 Å². The maximum absolute atomic E-state index is 5.82. The Morgan fingerprint density at radius 1 is 1.43 bits per heavy atom. The maximum atomic E-state index is 5.82. The molecule has 0 aromatic carbocycles. The Labute approximate surface area is 133 Å². The molecule has 4 heteroatoms. The van der Waals surface area contributed by atoms with Crippen LogP contribution in [0.4, 0.5) is 0 Å². The molecule has 1 aliphatic heterocycles. The second kappa shape index (κ2) is 7.23. The number of nitrogens with one attached hydrogen (secondary N) is 1.